The van der Waals surface area contributed by atoms with E-state index in [9.17, 15) is 0 Å². The molecule has 3 radical (unpaired) electrons. The van der Waals surface area contributed by atoms with Gasteiger partial charge in [-0.25, -0.2) is 0 Å². The van der Waals surface area contributed by atoms with Gasteiger partial charge in [0.2, 0.25) is 0 Å². The number of rotatable bonds is 1. The summed E-state index contributed by atoms with van der Waals surface area (Å²) in [4.78, 5) is 0. The molecule has 0 amide bonds. The fourth-order valence-electron chi connectivity index (χ4n) is 0.757. The van der Waals surface area contributed by atoms with Crippen LogP contribution in [0.2, 0.25) is 0 Å². The van der Waals surface area contributed by atoms with Gasteiger partial charge in [0.05, 0.1) is 0 Å². The third-order valence-electron chi connectivity index (χ3n) is 1.16. The van der Waals surface area contributed by atoms with Gasteiger partial charge in [-0.2, -0.15) is 0 Å². The minimum absolute atomic E-state index is 0. The number of hydrogen-bond donors (Lipinski definition) is 0. The molecule has 0 aromatic heterocycles. The second-order valence-corrected chi connectivity index (χ2v) is 1.91. The number of benzene rings is 1. The van der Waals surface area contributed by atoms with Crippen molar-refractivity contribution in [1.29, 1.82) is 0 Å². The standard InChI is InChI=1S/C9H10.2BrH.In/c1-2-6-9-7-4-3-5-8-9;;;/h2-8H,1H3;2*1H;/p-2/b6-2+;;;. The minimum Gasteiger partial charge on any atom is -1.00 e. The Hall–Kier alpha value is 0.790. The molecule has 0 atom stereocenters. The molecule has 0 nitrogen and oxygen atoms in total. The smallest absolute Gasteiger partial charge is 0 e. The fourth-order valence-corrected chi connectivity index (χ4v) is 0.757. The van der Waals surface area contributed by atoms with Crippen molar-refractivity contribution >= 4 is 31.9 Å². The average Bonchev–Trinajstić information content (AvgIpc) is 1.91. The van der Waals surface area contributed by atoms with E-state index in [-0.39, 0.29) is 59.8 Å². The largest absolute Gasteiger partial charge is 1.00 e. The predicted octanol–water partition coefficient (Wildman–Crippen LogP) is -3.65. The molecule has 1 aromatic carbocycles. The van der Waals surface area contributed by atoms with E-state index in [1.54, 1.807) is 0 Å². The maximum Gasteiger partial charge on any atom is 0 e. The van der Waals surface area contributed by atoms with E-state index < -0.39 is 0 Å². The first-order valence-corrected chi connectivity index (χ1v) is 3.11. The summed E-state index contributed by atoms with van der Waals surface area (Å²) >= 11 is 0. The van der Waals surface area contributed by atoms with Gasteiger partial charge >= 0.3 is 0 Å². The van der Waals surface area contributed by atoms with E-state index in [1.165, 1.54) is 5.56 Å². The Morgan fingerprint density at radius 1 is 1.00 bits per heavy atom. The van der Waals surface area contributed by atoms with Crippen molar-refractivity contribution in [1.82, 2.24) is 0 Å². The molecule has 0 aliphatic rings. The fraction of sp³-hybridized carbons (Fsp3) is 0.111. The van der Waals surface area contributed by atoms with Gasteiger partial charge < -0.3 is 34.0 Å². The zero-order valence-electron chi connectivity index (χ0n) is 6.87. The molecule has 12 heavy (non-hydrogen) atoms. The summed E-state index contributed by atoms with van der Waals surface area (Å²) in [5.41, 5.74) is 1.26. The molecule has 0 bridgehead atoms. The molecule has 1 rings (SSSR count). The van der Waals surface area contributed by atoms with Crippen molar-refractivity contribution < 1.29 is 34.0 Å². The van der Waals surface area contributed by atoms with Crippen LogP contribution in [0.4, 0.5) is 0 Å². The molecule has 0 aliphatic carbocycles. The Kier molecular flexibility index (Phi) is 18.2. The summed E-state index contributed by atoms with van der Waals surface area (Å²) in [6, 6.07) is 10.3. The second-order valence-electron chi connectivity index (χ2n) is 1.91. The van der Waals surface area contributed by atoms with Crippen LogP contribution in [0.3, 0.4) is 0 Å². The van der Waals surface area contributed by atoms with Gasteiger partial charge in [0, 0.05) is 25.8 Å². The summed E-state index contributed by atoms with van der Waals surface area (Å²) in [7, 11) is 0. The van der Waals surface area contributed by atoms with Crippen molar-refractivity contribution in [3.8, 4) is 0 Å². The molecular weight excluding hydrogens is 383 g/mol. The van der Waals surface area contributed by atoms with Crippen LogP contribution in [0.15, 0.2) is 36.4 Å². The Bertz CT molecular complexity index is 197. The molecule has 0 spiro atoms. The Labute approximate surface area is 114 Å². The Balaban J connectivity index is -0.000000270. The van der Waals surface area contributed by atoms with Crippen LogP contribution in [0.25, 0.3) is 6.08 Å². The van der Waals surface area contributed by atoms with Crippen LogP contribution >= 0.6 is 0 Å². The van der Waals surface area contributed by atoms with Gasteiger partial charge in [-0.1, -0.05) is 42.5 Å². The van der Waals surface area contributed by atoms with Crippen molar-refractivity contribution in [3.05, 3.63) is 42.0 Å². The molecular formula is C9H10Br2In-2. The molecule has 0 unspecified atom stereocenters. The summed E-state index contributed by atoms with van der Waals surface area (Å²) < 4.78 is 0. The second kappa shape index (κ2) is 11.8. The number of allylic oxidation sites excluding steroid dienone is 1. The van der Waals surface area contributed by atoms with Gasteiger partial charge in [-0.15, -0.1) is 0 Å². The van der Waals surface area contributed by atoms with Crippen molar-refractivity contribution in [2.24, 2.45) is 0 Å². The summed E-state index contributed by atoms with van der Waals surface area (Å²) in [6.45, 7) is 2.02. The van der Waals surface area contributed by atoms with Gasteiger partial charge in [0.15, 0.2) is 0 Å². The van der Waals surface area contributed by atoms with E-state index in [0.717, 1.165) is 0 Å². The first kappa shape index (κ1) is 18.5. The third kappa shape index (κ3) is 7.44. The van der Waals surface area contributed by atoms with Crippen LogP contribution in [0, 0.1) is 0 Å². The SMILES string of the molecule is C/C=C/c1ccccc1.[Br-].[Br-].[In]. The number of hydrogen-bond acceptors (Lipinski definition) is 0. The molecule has 0 saturated carbocycles. The van der Waals surface area contributed by atoms with Gasteiger partial charge in [0.1, 0.15) is 0 Å². The van der Waals surface area contributed by atoms with Crippen LogP contribution in [-0.2, 0) is 0 Å². The average molecular weight is 393 g/mol. The maximum absolute atomic E-state index is 2.08. The zero-order chi connectivity index (χ0) is 6.53. The van der Waals surface area contributed by atoms with Gasteiger partial charge in [0.25, 0.3) is 0 Å². The van der Waals surface area contributed by atoms with Crippen LogP contribution in [-0.4, -0.2) is 25.8 Å². The first-order chi connectivity index (χ1) is 4.43. The quantitative estimate of drug-likeness (QED) is 0.462. The normalized spacial score (nSPS) is 7.75. The summed E-state index contributed by atoms with van der Waals surface area (Å²) in [5.74, 6) is 0. The van der Waals surface area contributed by atoms with Crippen LogP contribution in [0.1, 0.15) is 12.5 Å². The first-order valence-electron chi connectivity index (χ1n) is 3.11. The van der Waals surface area contributed by atoms with Crippen LogP contribution < -0.4 is 34.0 Å². The predicted molar refractivity (Wildman–Crippen MR) is 46.9 cm³/mol. The zero-order valence-corrected chi connectivity index (χ0v) is 13.3. The van der Waals surface area contributed by atoms with E-state index >= 15 is 0 Å². The topological polar surface area (TPSA) is 0 Å². The van der Waals surface area contributed by atoms with E-state index in [1.807, 2.05) is 31.2 Å². The van der Waals surface area contributed by atoms with E-state index in [2.05, 4.69) is 18.2 Å². The molecule has 0 heterocycles. The van der Waals surface area contributed by atoms with Crippen molar-refractivity contribution in [2.45, 2.75) is 6.92 Å². The number of halogens is 2. The Morgan fingerprint density at radius 3 is 1.92 bits per heavy atom. The van der Waals surface area contributed by atoms with Gasteiger partial charge in [-0.05, 0) is 12.5 Å². The van der Waals surface area contributed by atoms with Gasteiger partial charge in [-0.3, -0.25) is 0 Å². The molecule has 3 heteroatoms. The van der Waals surface area contributed by atoms with E-state index in [4.69, 9.17) is 0 Å². The monoisotopic (exact) mass is 391 g/mol. The Morgan fingerprint density at radius 2 is 1.50 bits per heavy atom. The molecule has 1 aromatic rings. The molecule has 0 fully saturated rings. The molecule has 0 saturated heterocycles. The maximum atomic E-state index is 2.08. The third-order valence-corrected chi connectivity index (χ3v) is 1.16. The molecule has 0 aliphatic heterocycles. The van der Waals surface area contributed by atoms with E-state index in [0.29, 0.717) is 0 Å². The van der Waals surface area contributed by atoms with Crippen molar-refractivity contribution in [2.75, 3.05) is 0 Å². The molecule has 0 N–H and O–H groups in total. The summed E-state index contributed by atoms with van der Waals surface area (Å²) in [5, 5.41) is 0. The summed E-state index contributed by atoms with van der Waals surface area (Å²) in [6.07, 6.45) is 4.12. The minimum atomic E-state index is 0. The van der Waals surface area contributed by atoms with Crippen molar-refractivity contribution in [3.63, 3.8) is 0 Å². The van der Waals surface area contributed by atoms with Crippen LogP contribution in [0.5, 0.6) is 0 Å². The molecule has 65 valence electrons.